The van der Waals surface area contributed by atoms with Crippen molar-refractivity contribution in [3.8, 4) is 0 Å². The van der Waals surface area contributed by atoms with Crippen LogP contribution in [-0.4, -0.2) is 39.0 Å². The molecule has 0 amide bonds. The van der Waals surface area contributed by atoms with Crippen LogP contribution in [0.25, 0.3) is 0 Å². The monoisotopic (exact) mass is 162 g/mol. The Morgan fingerprint density at radius 1 is 1.20 bits per heavy atom. The smallest absolute Gasteiger partial charge is 0.172 e. The second-order valence-electron chi connectivity index (χ2n) is 2.27. The Labute approximate surface area is 64.7 Å². The van der Waals surface area contributed by atoms with Crippen LogP contribution in [0.15, 0.2) is 0 Å². The Balaban J connectivity index is 2.49. The molecule has 10 heavy (non-hydrogen) atoms. The maximum Gasteiger partial charge on any atom is 0.172 e. The van der Waals surface area contributed by atoms with E-state index in [0.29, 0.717) is 0 Å². The Hall–Kier alpha value is 0.0700. The van der Waals surface area contributed by atoms with Gasteiger partial charge in [0.05, 0.1) is 0 Å². The Kier molecular flexibility index (Phi) is 2.82. The Bertz CT molecular complexity index is 126. The molecule has 3 nitrogen and oxygen atoms in total. The zero-order chi connectivity index (χ0) is 7.56. The number of hydrogen-bond donors (Lipinski definition) is 0. The predicted molar refractivity (Wildman–Crippen MR) is 42.6 cm³/mol. The molecule has 0 aromatic carbocycles. The van der Waals surface area contributed by atoms with Crippen molar-refractivity contribution in [2.45, 2.75) is 13.8 Å². The van der Waals surface area contributed by atoms with Crippen molar-refractivity contribution in [2.24, 2.45) is 0 Å². The molecule has 60 valence electrons. The molecule has 4 heteroatoms. The van der Waals surface area contributed by atoms with Crippen LogP contribution >= 0.6 is 0 Å². The highest BCUT2D eigenvalue weighted by atomic mass is 32.2. The van der Waals surface area contributed by atoms with Gasteiger partial charge in [-0.1, -0.05) is 13.8 Å². The number of nitrogens with zero attached hydrogens (tertiary/aromatic N) is 2. The quantitative estimate of drug-likeness (QED) is 0.570. The van der Waals surface area contributed by atoms with Crippen molar-refractivity contribution in [2.75, 3.05) is 26.2 Å². The fraction of sp³-hybridized carbons (Fsp3) is 1.00. The van der Waals surface area contributed by atoms with Gasteiger partial charge in [0, 0.05) is 26.2 Å². The van der Waals surface area contributed by atoms with Crippen LogP contribution in [0, 0.1) is 0 Å². The van der Waals surface area contributed by atoms with Crippen LogP contribution in [-0.2, 0) is 11.2 Å². The SMILES string of the molecule is CCN1CCN(CC)S1=O. The van der Waals surface area contributed by atoms with Crippen molar-refractivity contribution in [3.05, 3.63) is 0 Å². The molecule has 0 spiro atoms. The molecule has 1 heterocycles. The van der Waals surface area contributed by atoms with E-state index in [-0.39, 0.29) is 0 Å². The molecular formula is C6H14N2OS. The molecule has 1 fully saturated rings. The van der Waals surface area contributed by atoms with Gasteiger partial charge in [-0.05, 0) is 0 Å². The van der Waals surface area contributed by atoms with E-state index in [2.05, 4.69) is 0 Å². The van der Waals surface area contributed by atoms with E-state index in [1.54, 1.807) is 0 Å². The summed E-state index contributed by atoms with van der Waals surface area (Å²) in [4.78, 5) is 0. The summed E-state index contributed by atoms with van der Waals surface area (Å²) in [5, 5.41) is 0. The van der Waals surface area contributed by atoms with Crippen LogP contribution in [0.5, 0.6) is 0 Å². The highest BCUT2D eigenvalue weighted by Crippen LogP contribution is 2.09. The van der Waals surface area contributed by atoms with E-state index in [1.807, 2.05) is 22.5 Å². The molecule has 0 aromatic heterocycles. The summed E-state index contributed by atoms with van der Waals surface area (Å²) < 4.78 is 15.3. The standard InChI is InChI=1S/C6H14N2OS/c1-3-7-5-6-8(4-2)10(7)9/h3-6H2,1-2H3. The van der Waals surface area contributed by atoms with Crippen molar-refractivity contribution in [1.29, 1.82) is 0 Å². The van der Waals surface area contributed by atoms with Gasteiger partial charge >= 0.3 is 0 Å². The van der Waals surface area contributed by atoms with E-state index >= 15 is 0 Å². The predicted octanol–water partition coefficient (Wildman–Crippen LogP) is 0.222. The lowest BCUT2D eigenvalue weighted by atomic mass is 10.6. The summed E-state index contributed by atoms with van der Waals surface area (Å²) in [7, 11) is 0. The van der Waals surface area contributed by atoms with Gasteiger partial charge in [-0.25, -0.2) is 12.8 Å². The summed E-state index contributed by atoms with van der Waals surface area (Å²) in [6.07, 6.45) is 0. The maximum atomic E-state index is 11.3. The third-order valence-corrected chi connectivity index (χ3v) is 3.51. The van der Waals surface area contributed by atoms with E-state index in [9.17, 15) is 4.21 Å². The minimum atomic E-state index is -0.832. The van der Waals surface area contributed by atoms with Crippen molar-refractivity contribution in [1.82, 2.24) is 8.61 Å². The highest BCUT2D eigenvalue weighted by Gasteiger charge is 2.25. The summed E-state index contributed by atoms with van der Waals surface area (Å²) in [5.41, 5.74) is 0. The Morgan fingerprint density at radius 2 is 1.60 bits per heavy atom. The first-order chi connectivity index (χ1) is 4.79. The van der Waals surface area contributed by atoms with E-state index in [1.165, 1.54) is 0 Å². The number of likely N-dealkylation sites (N-methyl/N-ethyl adjacent to an activating group) is 2. The first kappa shape index (κ1) is 8.17. The molecular weight excluding hydrogens is 148 g/mol. The fourth-order valence-electron chi connectivity index (χ4n) is 1.08. The molecule has 1 aliphatic rings. The molecule has 1 saturated heterocycles. The lowest BCUT2D eigenvalue weighted by molar-refractivity contribution is 0.486. The third kappa shape index (κ3) is 1.38. The van der Waals surface area contributed by atoms with Crippen LogP contribution in [0.1, 0.15) is 13.8 Å². The van der Waals surface area contributed by atoms with Crippen molar-refractivity contribution < 1.29 is 4.21 Å². The van der Waals surface area contributed by atoms with Crippen LogP contribution in [0.2, 0.25) is 0 Å². The van der Waals surface area contributed by atoms with Crippen LogP contribution in [0.3, 0.4) is 0 Å². The topological polar surface area (TPSA) is 23.6 Å². The van der Waals surface area contributed by atoms with Crippen molar-refractivity contribution >= 4 is 11.2 Å². The van der Waals surface area contributed by atoms with Crippen molar-refractivity contribution in [3.63, 3.8) is 0 Å². The second kappa shape index (κ2) is 3.46. The van der Waals surface area contributed by atoms with Gasteiger partial charge in [-0.3, -0.25) is 0 Å². The lowest BCUT2D eigenvalue weighted by Crippen LogP contribution is -2.26. The first-order valence-electron chi connectivity index (χ1n) is 3.71. The van der Waals surface area contributed by atoms with E-state index in [4.69, 9.17) is 0 Å². The van der Waals surface area contributed by atoms with Crippen LogP contribution in [0.4, 0.5) is 0 Å². The zero-order valence-corrected chi connectivity index (χ0v) is 7.36. The third-order valence-electron chi connectivity index (χ3n) is 1.75. The molecule has 0 N–H and O–H groups in total. The van der Waals surface area contributed by atoms with Crippen LogP contribution < -0.4 is 0 Å². The molecule has 0 bridgehead atoms. The number of hydrogen-bond acceptors (Lipinski definition) is 1. The normalized spacial score (nSPS) is 24.2. The molecule has 0 aliphatic carbocycles. The van der Waals surface area contributed by atoms with Gasteiger partial charge in [0.25, 0.3) is 0 Å². The number of rotatable bonds is 2. The van der Waals surface area contributed by atoms with E-state index in [0.717, 1.165) is 26.2 Å². The fourth-order valence-corrected chi connectivity index (χ4v) is 2.32. The summed E-state index contributed by atoms with van der Waals surface area (Å²) in [6.45, 7) is 7.77. The maximum absolute atomic E-state index is 11.3. The Morgan fingerprint density at radius 3 is 1.80 bits per heavy atom. The van der Waals surface area contributed by atoms with E-state index < -0.39 is 11.2 Å². The van der Waals surface area contributed by atoms with Gasteiger partial charge in [0.15, 0.2) is 11.2 Å². The average Bonchev–Trinajstić information content (AvgIpc) is 2.30. The molecule has 0 unspecified atom stereocenters. The van der Waals surface area contributed by atoms with Gasteiger partial charge in [0.1, 0.15) is 0 Å². The molecule has 0 atom stereocenters. The first-order valence-corrected chi connectivity index (χ1v) is 4.77. The van der Waals surface area contributed by atoms with Gasteiger partial charge in [-0.15, -0.1) is 0 Å². The molecule has 1 aliphatic heterocycles. The summed E-state index contributed by atoms with van der Waals surface area (Å²) in [6, 6.07) is 0. The second-order valence-corrected chi connectivity index (χ2v) is 3.77. The molecule has 0 aromatic rings. The van der Waals surface area contributed by atoms with Gasteiger partial charge < -0.3 is 0 Å². The summed E-state index contributed by atoms with van der Waals surface area (Å²) in [5.74, 6) is 0. The molecule has 0 saturated carbocycles. The average molecular weight is 162 g/mol. The molecule has 0 radical (unpaired) electrons. The minimum absolute atomic E-state index is 0.832. The zero-order valence-electron chi connectivity index (χ0n) is 6.54. The lowest BCUT2D eigenvalue weighted by Gasteiger charge is -2.12. The van der Waals surface area contributed by atoms with Gasteiger partial charge in [0.2, 0.25) is 0 Å². The van der Waals surface area contributed by atoms with Gasteiger partial charge in [-0.2, -0.15) is 0 Å². The minimum Gasteiger partial charge on any atom is -0.225 e. The summed E-state index contributed by atoms with van der Waals surface area (Å²) >= 11 is -0.832. The largest absolute Gasteiger partial charge is 0.225 e. The molecule has 1 rings (SSSR count). The highest BCUT2D eigenvalue weighted by molar-refractivity contribution is 7.80.